The Hall–Kier alpha value is -0.870. The lowest BCUT2D eigenvalue weighted by atomic mass is 9.83. The van der Waals surface area contributed by atoms with E-state index in [4.69, 9.17) is 5.10 Å². The first-order chi connectivity index (χ1) is 10.2. The van der Waals surface area contributed by atoms with E-state index < -0.39 is 0 Å². The zero-order chi connectivity index (χ0) is 14.7. The predicted octanol–water partition coefficient (Wildman–Crippen LogP) is 2.82. The quantitative estimate of drug-likeness (QED) is 0.925. The largest absolute Gasteiger partial charge is 0.311 e. The molecule has 0 radical (unpaired) electrons. The molecule has 118 valence electrons. The molecule has 0 spiro atoms. The molecule has 0 amide bonds. The highest BCUT2D eigenvalue weighted by Gasteiger charge is 2.28. The highest BCUT2D eigenvalue weighted by molar-refractivity contribution is 5.00. The Kier molecular flexibility index (Phi) is 4.96. The zero-order valence-corrected chi connectivity index (χ0v) is 13.6. The third-order valence-corrected chi connectivity index (χ3v) is 5.09. The maximum atomic E-state index is 4.70. The highest BCUT2D eigenvalue weighted by atomic mass is 15.3. The summed E-state index contributed by atoms with van der Waals surface area (Å²) in [6.07, 6.45) is 9.27. The molecule has 0 bridgehead atoms. The number of nitrogens with zero attached hydrogens (tertiary/aromatic N) is 3. The lowest BCUT2D eigenvalue weighted by Crippen LogP contribution is -2.53. The molecule has 1 aliphatic heterocycles. The Balaban J connectivity index is 1.55. The van der Waals surface area contributed by atoms with E-state index in [0.717, 1.165) is 25.6 Å². The van der Waals surface area contributed by atoms with E-state index in [9.17, 15) is 0 Å². The van der Waals surface area contributed by atoms with E-state index in [1.165, 1.54) is 44.3 Å². The van der Waals surface area contributed by atoms with Crippen LogP contribution in [-0.4, -0.2) is 40.4 Å². The van der Waals surface area contributed by atoms with Gasteiger partial charge in [0.1, 0.15) is 0 Å². The summed E-state index contributed by atoms with van der Waals surface area (Å²) in [6.45, 7) is 8.84. The van der Waals surface area contributed by atoms with Crippen molar-refractivity contribution >= 4 is 0 Å². The number of hydrogen-bond donors (Lipinski definition) is 1. The Morgan fingerprint density at radius 2 is 2.10 bits per heavy atom. The van der Waals surface area contributed by atoms with Crippen LogP contribution >= 0.6 is 0 Å². The molecule has 0 aromatic carbocycles. The molecular weight excluding hydrogens is 260 g/mol. The van der Waals surface area contributed by atoms with Gasteiger partial charge in [-0.25, -0.2) is 0 Å². The molecule has 1 unspecified atom stereocenters. The van der Waals surface area contributed by atoms with Gasteiger partial charge in [0.15, 0.2) is 0 Å². The van der Waals surface area contributed by atoms with Crippen LogP contribution in [0.1, 0.15) is 57.7 Å². The van der Waals surface area contributed by atoms with Gasteiger partial charge in [-0.3, -0.25) is 9.58 Å². The first kappa shape index (κ1) is 15.0. The second-order valence-corrected chi connectivity index (χ2v) is 7.07. The van der Waals surface area contributed by atoms with Crippen LogP contribution in [-0.2, 0) is 6.54 Å². The Bertz CT molecular complexity index is 434. The van der Waals surface area contributed by atoms with Crippen molar-refractivity contribution in [1.82, 2.24) is 20.0 Å². The van der Waals surface area contributed by atoms with Gasteiger partial charge in [-0.05, 0) is 38.7 Å². The number of hydrogen-bond acceptors (Lipinski definition) is 3. The van der Waals surface area contributed by atoms with Crippen LogP contribution in [0, 0.1) is 5.92 Å². The fourth-order valence-corrected chi connectivity index (χ4v) is 3.82. The molecule has 1 aromatic rings. The first-order valence-electron chi connectivity index (χ1n) is 8.72. The lowest BCUT2D eigenvalue weighted by molar-refractivity contribution is 0.139. The monoisotopic (exact) mass is 290 g/mol. The lowest BCUT2D eigenvalue weighted by Gasteiger charge is -2.39. The molecule has 1 atom stereocenters. The number of nitrogens with one attached hydrogen (secondary N) is 1. The third kappa shape index (κ3) is 3.86. The van der Waals surface area contributed by atoms with Crippen LogP contribution < -0.4 is 5.32 Å². The Labute approximate surface area is 128 Å². The van der Waals surface area contributed by atoms with Gasteiger partial charge in [0.25, 0.3) is 0 Å². The molecule has 1 aliphatic carbocycles. The van der Waals surface area contributed by atoms with Crippen molar-refractivity contribution in [2.24, 2.45) is 5.92 Å². The highest BCUT2D eigenvalue weighted by Crippen LogP contribution is 2.27. The Morgan fingerprint density at radius 3 is 2.81 bits per heavy atom. The zero-order valence-electron chi connectivity index (χ0n) is 13.6. The van der Waals surface area contributed by atoms with Crippen molar-refractivity contribution in [3.63, 3.8) is 0 Å². The van der Waals surface area contributed by atoms with Crippen LogP contribution in [0.25, 0.3) is 0 Å². The standard InChI is InChI=1S/C17H30N4/c1-14(2)21-10-8-16(19-21)12-20-11-9-18-17(13-20)15-6-4-3-5-7-15/h8,10,14-15,17-18H,3-7,9,11-13H2,1-2H3. The SMILES string of the molecule is CC(C)n1ccc(CN2CCNC(C3CCCCC3)C2)n1. The van der Waals surface area contributed by atoms with Crippen molar-refractivity contribution < 1.29 is 0 Å². The van der Waals surface area contributed by atoms with Gasteiger partial charge < -0.3 is 5.32 Å². The summed E-state index contributed by atoms with van der Waals surface area (Å²) < 4.78 is 2.07. The van der Waals surface area contributed by atoms with Gasteiger partial charge in [-0.15, -0.1) is 0 Å². The van der Waals surface area contributed by atoms with E-state index in [0.29, 0.717) is 12.1 Å². The second-order valence-electron chi connectivity index (χ2n) is 7.07. The first-order valence-corrected chi connectivity index (χ1v) is 8.72. The average molecular weight is 290 g/mol. The molecule has 2 aliphatic rings. The van der Waals surface area contributed by atoms with E-state index in [2.05, 4.69) is 41.0 Å². The smallest absolute Gasteiger partial charge is 0.0764 e. The molecule has 2 heterocycles. The van der Waals surface area contributed by atoms with Gasteiger partial charge >= 0.3 is 0 Å². The molecule has 1 aromatic heterocycles. The molecule has 21 heavy (non-hydrogen) atoms. The van der Waals surface area contributed by atoms with Crippen molar-refractivity contribution in [2.45, 2.75) is 64.6 Å². The topological polar surface area (TPSA) is 33.1 Å². The van der Waals surface area contributed by atoms with Gasteiger partial charge in [0.05, 0.1) is 5.69 Å². The Morgan fingerprint density at radius 1 is 1.29 bits per heavy atom. The summed E-state index contributed by atoms with van der Waals surface area (Å²) in [5, 5.41) is 8.46. The maximum Gasteiger partial charge on any atom is 0.0764 e. The molecule has 1 saturated heterocycles. The minimum atomic E-state index is 0.455. The van der Waals surface area contributed by atoms with Crippen molar-refractivity contribution in [3.05, 3.63) is 18.0 Å². The summed E-state index contributed by atoms with van der Waals surface area (Å²) in [5.41, 5.74) is 1.22. The third-order valence-electron chi connectivity index (χ3n) is 5.09. The van der Waals surface area contributed by atoms with Gasteiger partial charge in [-0.2, -0.15) is 5.10 Å². The molecule has 2 fully saturated rings. The normalized spacial score (nSPS) is 25.6. The van der Waals surface area contributed by atoms with Gasteiger partial charge in [-0.1, -0.05) is 19.3 Å². The van der Waals surface area contributed by atoms with Crippen LogP contribution in [0.5, 0.6) is 0 Å². The minimum Gasteiger partial charge on any atom is -0.311 e. The van der Waals surface area contributed by atoms with E-state index in [1.54, 1.807) is 0 Å². The fraction of sp³-hybridized carbons (Fsp3) is 0.824. The van der Waals surface area contributed by atoms with Crippen LogP contribution in [0.15, 0.2) is 12.3 Å². The molecule has 1 N–H and O–H groups in total. The van der Waals surface area contributed by atoms with Crippen molar-refractivity contribution in [2.75, 3.05) is 19.6 Å². The van der Waals surface area contributed by atoms with Gasteiger partial charge in [0.2, 0.25) is 0 Å². The van der Waals surface area contributed by atoms with E-state index in [1.807, 2.05) is 0 Å². The van der Waals surface area contributed by atoms with Crippen molar-refractivity contribution in [3.8, 4) is 0 Å². The molecule has 4 heteroatoms. The number of piperazine rings is 1. The van der Waals surface area contributed by atoms with Crippen LogP contribution in [0.4, 0.5) is 0 Å². The van der Waals surface area contributed by atoms with Crippen LogP contribution in [0.2, 0.25) is 0 Å². The number of aromatic nitrogens is 2. The molecule has 3 rings (SSSR count). The van der Waals surface area contributed by atoms with E-state index >= 15 is 0 Å². The fourth-order valence-electron chi connectivity index (χ4n) is 3.82. The summed E-state index contributed by atoms with van der Waals surface area (Å²) in [6, 6.07) is 3.33. The molecular formula is C17H30N4. The minimum absolute atomic E-state index is 0.455. The second kappa shape index (κ2) is 6.93. The van der Waals surface area contributed by atoms with Crippen molar-refractivity contribution in [1.29, 1.82) is 0 Å². The summed E-state index contributed by atoms with van der Waals surface area (Å²) in [4.78, 5) is 2.59. The molecule has 1 saturated carbocycles. The molecule has 4 nitrogen and oxygen atoms in total. The number of rotatable bonds is 4. The van der Waals surface area contributed by atoms with Crippen LogP contribution in [0.3, 0.4) is 0 Å². The van der Waals surface area contributed by atoms with Gasteiger partial charge in [0, 0.05) is 44.5 Å². The maximum absolute atomic E-state index is 4.70. The summed E-state index contributed by atoms with van der Waals surface area (Å²) in [7, 11) is 0. The summed E-state index contributed by atoms with van der Waals surface area (Å²) >= 11 is 0. The summed E-state index contributed by atoms with van der Waals surface area (Å²) in [5.74, 6) is 0.898. The van der Waals surface area contributed by atoms with E-state index in [-0.39, 0.29) is 0 Å². The average Bonchev–Trinajstić information content (AvgIpc) is 2.97. The predicted molar refractivity (Wildman–Crippen MR) is 86.3 cm³/mol.